The number of rotatable bonds is 4. The lowest BCUT2D eigenvalue weighted by atomic mass is 10.1. The molecule has 0 aliphatic carbocycles. The Morgan fingerprint density at radius 1 is 1.54 bits per heavy atom. The zero-order valence-electron chi connectivity index (χ0n) is 8.12. The highest BCUT2D eigenvalue weighted by Gasteiger charge is 2.01. The van der Waals surface area contributed by atoms with Crippen LogP contribution >= 0.6 is 0 Å². The van der Waals surface area contributed by atoms with Crippen molar-refractivity contribution in [1.82, 2.24) is 9.97 Å². The molecule has 0 fully saturated rings. The van der Waals surface area contributed by atoms with Crippen molar-refractivity contribution in [3.05, 3.63) is 30.7 Å². The molecule has 70 valence electrons. The largest absolute Gasteiger partial charge is 0.367 e. The standard InChI is InChI=1S/C10H15N3/c1-4-5-11-10-6-9(8(2)3)12-7-13-10/h4,6-8H,1,5H2,2-3H3,(H,11,12,13). The molecule has 3 heteroatoms. The second-order valence-corrected chi connectivity index (χ2v) is 3.15. The maximum absolute atomic E-state index is 4.17. The summed E-state index contributed by atoms with van der Waals surface area (Å²) < 4.78 is 0. The van der Waals surface area contributed by atoms with Gasteiger partial charge in [-0.2, -0.15) is 0 Å². The Kier molecular flexibility index (Phi) is 3.43. The van der Waals surface area contributed by atoms with Gasteiger partial charge >= 0.3 is 0 Å². The summed E-state index contributed by atoms with van der Waals surface area (Å²) in [5.41, 5.74) is 1.06. The molecule has 1 aromatic rings. The van der Waals surface area contributed by atoms with Gasteiger partial charge in [-0.05, 0) is 5.92 Å². The van der Waals surface area contributed by atoms with E-state index in [0.29, 0.717) is 5.92 Å². The van der Waals surface area contributed by atoms with E-state index < -0.39 is 0 Å². The first-order chi connectivity index (χ1) is 6.24. The van der Waals surface area contributed by atoms with Crippen molar-refractivity contribution < 1.29 is 0 Å². The van der Waals surface area contributed by atoms with Crippen LogP contribution in [0.15, 0.2) is 25.0 Å². The fraction of sp³-hybridized carbons (Fsp3) is 0.400. The average molecular weight is 177 g/mol. The van der Waals surface area contributed by atoms with Gasteiger partial charge < -0.3 is 5.32 Å². The lowest BCUT2D eigenvalue weighted by Crippen LogP contribution is -2.02. The van der Waals surface area contributed by atoms with Gasteiger partial charge in [0.05, 0.1) is 0 Å². The van der Waals surface area contributed by atoms with Crippen LogP contribution in [0.25, 0.3) is 0 Å². The van der Waals surface area contributed by atoms with Crippen LogP contribution in [0.3, 0.4) is 0 Å². The maximum atomic E-state index is 4.17. The number of aromatic nitrogens is 2. The Labute approximate surface area is 78.9 Å². The zero-order chi connectivity index (χ0) is 9.68. The third-order valence-corrected chi connectivity index (χ3v) is 1.71. The molecule has 1 rings (SSSR count). The molecule has 3 nitrogen and oxygen atoms in total. The molecule has 0 bridgehead atoms. The fourth-order valence-corrected chi connectivity index (χ4v) is 0.961. The Hall–Kier alpha value is -1.38. The molecule has 1 aromatic heterocycles. The van der Waals surface area contributed by atoms with Crippen molar-refractivity contribution in [3.8, 4) is 0 Å². The van der Waals surface area contributed by atoms with Crippen LogP contribution in [0.5, 0.6) is 0 Å². The lowest BCUT2D eigenvalue weighted by molar-refractivity contribution is 0.814. The van der Waals surface area contributed by atoms with Crippen molar-refractivity contribution in [2.45, 2.75) is 19.8 Å². The topological polar surface area (TPSA) is 37.8 Å². The molecule has 0 spiro atoms. The molecule has 0 atom stereocenters. The third-order valence-electron chi connectivity index (χ3n) is 1.71. The molecule has 0 aromatic carbocycles. The van der Waals surface area contributed by atoms with Crippen molar-refractivity contribution >= 4 is 5.82 Å². The van der Waals surface area contributed by atoms with E-state index in [2.05, 4.69) is 35.7 Å². The van der Waals surface area contributed by atoms with E-state index >= 15 is 0 Å². The molecule has 0 saturated heterocycles. The van der Waals surface area contributed by atoms with Gasteiger partial charge in [0.1, 0.15) is 12.1 Å². The van der Waals surface area contributed by atoms with E-state index in [9.17, 15) is 0 Å². The van der Waals surface area contributed by atoms with E-state index in [1.807, 2.05) is 6.07 Å². The first-order valence-corrected chi connectivity index (χ1v) is 4.40. The molecule has 13 heavy (non-hydrogen) atoms. The van der Waals surface area contributed by atoms with E-state index in [-0.39, 0.29) is 0 Å². The smallest absolute Gasteiger partial charge is 0.129 e. The van der Waals surface area contributed by atoms with Crippen molar-refractivity contribution in [1.29, 1.82) is 0 Å². The Balaban J connectivity index is 2.73. The number of anilines is 1. The Morgan fingerprint density at radius 2 is 2.31 bits per heavy atom. The van der Waals surface area contributed by atoms with Crippen LogP contribution < -0.4 is 5.32 Å². The second kappa shape index (κ2) is 4.60. The summed E-state index contributed by atoms with van der Waals surface area (Å²) in [6, 6.07) is 1.97. The van der Waals surface area contributed by atoms with Crippen LogP contribution in [-0.2, 0) is 0 Å². The van der Waals surface area contributed by atoms with Gasteiger partial charge in [0.25, 0.3) is 0 Å². The minimum absolute atomic E-state index is 0.437. The molecule has 1 heterocycles. The van der Waals surface area contributed by atoms with E-state index in [1.165, 1.54) is 0 Å². The zero-order valence-corrected chi connectivity index (χ0v) is 8.12. The van der Waals surface area contributed by atoms with Crippen LogP contribution in [0, 0.1) is 0 Å². The quantitative estimate of drug-likeness (QED) is 0.716. The summed E-state index contributed by atoms with van der Waals surface area (Å²) in [5, 5.41) is 3.12. The van der Waals surface area contributed by atoms with Gasteiger partial charge in [-0.3, -0.25) is 0 Å². The van der Waals surface area contributed by atoms with Crippen molar-refractivity contribution in [3.63, 3.8) is 0 Å². The van der Waals surface area contributed by atoms with Crippen LogP contribution in [-0.4, -0.2) is 16.5 Å². The van der Waals surface area contributed by atoms with Gasteiger partial charge in [-0.1, -0.05) is 19.9 Å². The summed E-state index contributed by atoms with van der Waals surface area (Å²) >= 11 is 0. The predicted octanol–water partition coefficient (Wildman–Crippen LogP) is 2.20. The maximum Gasteiger partial charge on any atom is 0.129 e. The fourth-order valence-electron chi connectivity index (χ4n) is 0.961. The molecule has 1 N–H and O–H groups in total. The number of hydrogen-bond acceptors (Lipinski definition) is 3. The van der Waals surface area contributed by atoms with Gasteiger partial charge in [0.2, 0.25) is 0 Å². The molecule has 0 saturated carbocycles. The summed E-state index contributed by atoms with van der Waals surface area (Å²) in [5.74, 6) is 1.30. The Bertz CT molecular complexity index is 281. The van der Waals surface area contributed by atoms with E-state index in [0.717, 1.165) is 18.1 Å². The summed E-state index contributed by atoms with van der Waals surface area (Å²) in [7, 11) is 0. The van der Waals surface area contributed by atoms with E-state index in [4.69, 9.17) is 0 Å². The summed E-state index contributed by atoms with van der Waals surface area (Å²) in [6.07, 6.45) is 3.39. The average Bonchev–Trinajstić information content (AvgIpc) is 2.15. The predicted molar refractivity (Wildman–Crippen MR) is 54.8 cm³/mol. The molecule has 0 amide bonds. The molecular weight excluding hydrogens is 162 g/mol. The monoisotopic (exact) mass is 177 g/mol. The normalized spacial score (nSPS) is 10.1. The minimum atomic E-state index is 0.437. The minimum Gasteiger partial charge on any atom is -0.367 e. The molecular formula is C10H15N3. The van der Waals surface area contributed by atoms with Gasteiger partial charge in [0, 0.05) is 18.3 Å². The van der Waals surface area contributed by atoms with Gasteiger partial charge in [-0.25, -0.2) is 9.97 Å². The Morgan fingerprint density at radius 3 is 2.92 bits per heavy atom. The molecule has 0 aliphatic heterocycles. The highest BCUT2D eigenvalue weighted by atomic mass is 15.0. The lowest BCUT2D eigenvalue weighted by Gasteiger charge is -2.06. The molecule has 0 aliphatic rings. The van der Waals surface area contributed by atoms with Gasteiger partial charge in [-0.15, -0.1) is 6.58 Å². The highest BCUT2D eigenvalue weighted by molar-refractivity contribution is 5.36. The first-order valence-electron chi connectivity index (χ1n) is 4.40. The number of nitrogens with zero attached hydrogens (tertiary/aromatic N) is 2. The number of nitrogens with one attached hydrogen (secondary N) is 1. The highest BCUT2D eigenvalue weighted by Crippen LogP contribution is 2.13. The first kappa shape index (κ1) is 9.71. The molecule has 0 unspecified atom stereocenters. The third kappa shape index (κ3) is 2.86. The summed E-state index contributed by atoms with van der Waals surface area (Å²) in [4.78, 5) is 8.26. The van der Waals surface area contributed by atoms with E-state index in [1.54, 1.807) is 12.4 Å². The van der Waals surface area contributed by atoms with Crippen LogP contribution in [0.2, 0.25) is 0 Å². The number of hydrogen-bond donors (Lipinski definition) is 1. The van der Waals surface area contributed by atoms with Gasteiger partial charge in [0.15, 0.2) is 0 Å². The summed E-state index contributed by atoms with van der Waals surface area (Å²) in [6.45, 7) is 8.58. The van der Waals surface area contributed by atoms with Crippen molar-refractivity contribution in [2.75, 3.05) is 11.9 Å². The second-order valence-electron chi connectivity index (χ2n) is 3.15. The SMILES string of the molecule is C=CCNc1cc(C(C)C)ncn1. The van der Waals surface area contributed by atoms with Crippen LogP contribution in [0.4, 0.5) is 5.82 Å². The molecule has 0 radical (unpaired) electrons. The van der Waals surface area contributed by atoms with Crippen LogP contribution in [0.1, 0.15) is 25.5 Å². The van der Waals surface area contributed by atoms with Crippen molar-refractivity contribution in [2.24, 2.45) is 0 Å².